The van der Waals surface area contributed by atoms with Gasteiger partial charge in [0.15, 0.2) is 0 Å². The number of halogens is 1. The number of hydrogen-bond acceptors (Lipinski definition) is 2. The minimum Gasteiger partial charge on any atom is -0.268 e. The van der Waals surface area contributed by atoms with Gasteiger partial charge in [-0.15, -0.1) is 0 Å². The van der Waals surface area contributed by atoms with Crippen LogP contribution in [-0.2, 0) is 6.54 Å². The van der Waals surface area contributed by atoms with Crippen LogP contribution >= 0.6 is 11.6 Å². The van der Waals surface area contributed by atoms with Crippen LogP contribution in [0.15, 0.2) is 83.7 Å². The molecular weight excluding hydrogens is 332 g/mol. The summed E-state index contributed by atoms with van der Waals surface area (Å²) in [6.07, 6.45) is 0. The molecule has 0 aliphatic rings. The Balaban J connectivity index is 1.82. The second kappa shape index (κ2) is 6.54. The van der Waals surface area contributed by atoms with Gasteiger partial charge in [0.25, 0.3) is 5.56 Å². The lowest BCUT2D eigenvalue weighted by Gasteiger charge is -2.10. The van der Waals surface area contributed by atoms with Crippen molar-refractivity contribution in [2.45, 2.75) is 6.54 Å². The maximum Gasteiger partial charge on any atom is 0.267 e. The van der Waals surface area contributed by atoms with Gasteiger partial charge in [-0.2, -0.15) is 5.10 Å². The van der Waals surface area contributed by atoms with Crippen molar-refractivity contribution in [1.82, 2.24) is 9.78 Å². The van der Waals surface area contributed by atoms with Crippen molar-refractivity contribution in [2.75, 3.05) is 0 Å². The molecule has 1 aromatic heterocycles. The SMILES string of the molecule is O=c1ccc(-c2cccc3ccccc23)nn1Cc1ccccc1Cl. The van der Waals surface area contributed by atoms with Crippen molar-refractivity contribution in [2.24, 2.45) is 0 Å². The molecule has 0 saturated heterocycles. The molecule has 1 heterocycles. The first-order valence-corrected chi connectivity index (χ1v) is 8.40. The molecular formula is C21H15ClN2O. The quantitative estimate of drug-likeness (QED) is 0.536. The molecule has 0 bridgehead atoms. The highest BCUT2D eigenvalue weighted by molar-refractivity contribution is 6.31. The normalized spacial score (nSPS) is 10.9. The predicted molar refractivity (Wildman–Crippen MR) is 102 cm³/mol. The van der Waals surface area contributed by atoms with Crippen molar-refractivity contribution in [1.29, 1.82) is 0 Å². The zero-order valence-electron chi connectivity index (χ0n) is 13.4. The molecule has 0 spiro atoms. The van der Waals surface area contributed by atoms with Crippen LogP contribution < -0.4 is 5.56 Å². The summed E-state index contributed by atoms with van der Waals surface area (Å²) in [6.45, 7) is 0.344. The van der Waals surface area contributed by atoms with Gasteiger partial charge in [0.1, 0.15) is 0 Å². The highest BCUT2D eigenvalue weighted by atomic mass is 35.5. The minimum absolute atomic E-state index is 0.149. The van der Waals surface area contributed by atoms with Gasteiger partial charge >= 0.3 is 0 Å². The van der Waals surface area contributed by atoms with Crippen molar-refractivity contribution in [3.63, 3.8) is 0 Å². The highest BCUT2D eigenvalue weighted by Gasteiger charge is 2.08. The van der Waals surface area contributed by atoms with Crippen LogP contribution in [0.1, 0.15) is 5.56 Å². The van der Waals surface area contributed by atoms with E-state index in [2.05, 4.69) is 23.3 Å². The molecule has 0 atom stereocenters. The standard InChI is InChI=1S/C21H15ClN2O/c22-19-11-4-2-7-16(19)14-24-21(25)13-12-20(23-24)18-10-5-8-15-6-1-3-9-17(15)18/h1-13H,14H2. The van der Waals surface area contributed by atoms with E-state index in [0.717, 1.165) is 27.6 Å². The van der Waals surface area contributed by atoms with E-state index in [0.29, 0.717) is 11.6 Å². The average Bonchev–Trinajstić information content (AvgIpc) is 2.65. The number of fused-ring (bicyclic) bond motifs is 1. The Morgan fingerprint density at radius 2 is 1.60 bits per heavy atom. The maximum atomic E-state index is 12.2. The Hall–Kier alpha value is -2.91. The van der Waals surface area contributed by atoms with Crippen molar-refractivity contribution in [3.05, 3.63) is 99.8 Å². The Bertz CT molecular complexity index is 1110. The molecule has 0 radical (unpaired) electrons. The maximum absolute atomic E-state index is 12.2. The van der Waals surface area contributed by atoms with E-state index in [9.17, 15) is 4.79 Å². The smallest absolute Gasteiger partial charge is 0.267 e. The van der Waals surface area contributed by atoms with Gasteiger partial charge in [0.2, 0.25) is 0 Å². The van der Waals surface area contributed by atoms with Crippen LogP contribution in [0.5, 0.6) is 0 Å². The van der Waals surface area contributed by atoms with Gasteiger partial charge in [0, 0.05) is 16.7 Å². The van der Waals surface area contributed by atoms with Crippen LogP contribution in [0.2, 0.25) is 5.02 Å². The summed E-state index contributed by atoms with van der Waals surface area (Å²) in [5, 5.41) is 7.46. The van der Waals surface area contributed by atoms with Gasteiger partial charge in [-0.1, -0.05) is 72.3 Å². The summed E-state index contributed by atoms with van der Waals surface area (Å²) < 4.78 is 1.46. The van der Waals surface area contributed by atoms with Crippen molar-refractivity contribution < 1.29 is 0 Å². The van der Waals surface area contributed by atoms with Gasteiger partial charge in [-0.05, 0) is 28.5 Å². The Morgan fingerprint density at radius 3 is 2.48 bits per heavy atom. The second-order valence-electron chi connectivity index (χ2n) is 5.83. The zero-order valence-corrected chi connectivity index (χ0v) is 14.1. The fourth-order valence-corrected chi connectivity index (χ4v) is 3.14. The summed E-state index contributed by atoms with van der Waals surface area (Å²) in [5.41, 5.74) is 2.49. The lowest BCUT2D eigenvalue weighted by molar-refractivity contribution is 0.643. The van der Waals surface area contributed by atoms with Crippen molar-refractivity contribution in [3.8, 4) is 11.3 Å². The minimum atomic E-state index is -0.149. The van der Waals surface area contributed by atoms with Crippen molar-refractivity contribution >= 4 is 22.4 Å². The van der Waals surface area contributed by atoms with Crippen LogP contribution in [0, 0.1) is 0 Å². The number of hydrogen-bond donors (Lipinski definition) is 0. The lowest BCUT2D eigenvalue weighted by Crippen LogP contribution is -2.23. The second-order valence-corrected chi connectivity index (χ2v) is 6.24. The topological polar surface area (TPSA) is 34.9 Å². The zero-order chi connectivity index (χ0) is 17.2. The molecule has 0 aliphatic heterocycles. The Morgan fingerprint density at radius 1 is 0.840 bits per heavy atom. The molecule has 0 amide bonds. The van der Waals surface area contributed by atoms with Crippen LogP contribution in [0.25, 0.3) is 22.0 Å². The van der Waals surface area contributed by atoms with E-state index >= 15 is 0 Å². The third-order valence-electron chi connectivity index (χ3n) is 4.21. The molecule has 4 heteroatoms. The molecule has 0 unspecified atom stereocenters. The molecule has 3 nitrogen and oxygen atoms in total. The van der Waals surface area contributed by atoms with E-state index in [1.165, 1.54) is 4.68 Å². The van der Waals surface area contributed by atoms with Crippen LogP contribution in [0.3, 0.4) is 0 Å². The predicted octanol–water partition coefficient (Wildman–Crippen LogP) is 4.77. The van der Waals surface area contributed by atoms with E-state index in [4.69, 9.17) is 11.6 Å². The Kier molecular flexibility index (Phi) is 4.08. The summed E-state index contributed by atoms with van der Waals surface area (Å²) in [7, 11) is 0. The van der Waals surface area contributed by atoms with E-state index in [1.54, 1.807) is 12.1 Å². The first-order chi connectivity index (χ1) is 12.2. The summed E-state index contributed by atoms with van der Waals surface area (Å²) in [5.74, 6) is 0. The molecule has 25 heavy (non-hydrogen) atoms. The summed E-state index contributed by atoms with van der Waals surface area (Å²) >= 11 is 6.22. The molecule has 0 N–H and O–H groups in total. The number of benzene rings is 3. The molecule has 0 fully saturated rings. The first-order valence-electron chi connectivity index (χ1n) is 8.02. The van der Waals surface area contributed by atoms with E-state index < -0.39 is 0 Å². The Labute approximate surface area is 150 Å². The van der Waals surface area contributed by atoms with Gasteiger partial charge in [-0.25, -0.2) is 4.68 Å². The largest absolute Gasteiger partial charge is 0.268 e. The molecule has 4 aromatic rings. The molecule has 3 aromatic carbocycles. The number of nitrogens with zero attached hydrogens (tertiary/aromatic N) is 2. The van der Waals surface area contributed by atoms with Gasteiger partial charge < -0.3 is 0 Å². The molecule has 0 saturated carbocycles. The highest BCUT2D eigenvalue weighted by Crippen LogP contribution is 2.26. The number of rotatable bonds is 3. The van der Waals surface area contributed by atoms with E-state index in [-0.39, 0.29) is 5.56 Å². The monoisotopic (exact) mass is 346 g/mol. The fraction of sp³-hybridized carbons (Fsp3) is 0.0476. The fourth-order valence-electron chi connectivity index (χ4n) is 2.94. The lowest BCUT2D eigenvalue weighted by atomic mass is 10.0. The third-order valence-corrected chi connectivity index (χ3v) is 4.58. The number of aromatic nitrogens is 2. The summed E-state index contributed by atoms with van der Waals surface area (Å²) in [6, 6.07) is 25.1. The average molecular weight is 347 g/mol. The van der Waals surface area contributed by atoms with Gasteiger partial charge in [0.05, 0.1) is 12.2 Å². The molecule has 4 rings (SSSR count). The van der Waals surface area contributed by atoms with Gasteiger partial charge in [-0.3, -0.25) is 4.79 Å². The van der Waals surface area contributed by atoms with E-state index in [1.807, 2.05) is 48.5 Å². The van der Waals surface area contributed by atoms with Crippen LogP contribution in [-0.4, -0.2) is 9.78 Å². The first kappa shape index (κ1) is 15.6. The molecule has 122 valence electrons. The molecule has 0 aliphatic carbocycles. The van der Waals surface area contributed by atoms with Crippen LogP contribution in [0.4, 0.5) is 0 Å². The third kappa shape index (κ3) is 3.06. The summed E-state index contributed by atoms with van der Waals surface area (Å²) in [4.78, 5) is 12.2.